The number of nitrogens with zero attached hydrogens (tertiary/aromatic N) is 3. The molecule has 2 atom stereocenters. The van der Waals surface area contributed by atoms with Crippen LogP contribution in [0.4, 0.5) is 0 Å². The van der Waals surface area contributed by atoms with E-state index in [-0.39, 0.29) is 24.0 Å². The van der Waals surface area contributed by atoms with Crippen LogP contribution in [-0.4, -0.2) is 29.1 Å². The lowest BCUT2D eigenvalue weighted by atomic mass is 9.81. The van der Waals surface area contributed by atoms with E-state index >= 15 is 0 Å². The summed E-state index contributed by atoms with van der Waals surface area (Å²) < 4.78 is 2.22. The van der Waals surface area contributed by atoms with Gasteiger partial charge >= 0.3 is 0 Å². The molecule has 2 unspecified atom stereocenters. The molecule has 0 bridgehead atoms. The highest BCUT2D eigenvalue weighted by Crippen LogP contribution is 2.30. The zero-order valence-electron chi connectivity index (χ0n) is 16.3. The van der Waals surface area contributed by atoms with Gasteiger partial charge in [-0.1, -0.05) is 40.0 Å². The highest BCUT2D eigenvalue weighted by Gasteiger charge is 2.18. The minimum atomic E-state index is 0. The van der Waals surface area contributed by atoms with Crippen molar-refractivity contribution in [3.8, 4) is 0 Å². The summed E-state index contributed by atoms with van der Waals surface area (Å²) in [5, 5.41) is 6.84. The minimum Gasteiger partial charge on any atom is -0.356 e. The summed E-state index contributed by atoms with van der Waals surface area (Å²) in [5.41, 5.74) is 0. The average Bonchev–Trinajstić information content (AvgIpc) is 2.97. The van der Waals surface area contributed by atoms with Crippen LogP contribution in [0.25, 0.3) is 0 Å². The Morgan fingerprint density at radius 2 is 2.16 bits per heavy atom. The molecule has 144 valence electrons. The second-order valence-corrected chi connectivity index (χ2v) is 7.67. The molecule has 1 saturated carbocycles. The van der Waals surface area contributed by atoms with Crippen molar-refractivity contribution in [3.05, 3.63) is 18.2 Å². The molecule has 0 radical (unpaired) electrons. The third-order valence-electron chi connectivity index (χ3n) is 4.89. The molecule has 0 aromatic carbocycles. The lowest BCUT2D eigenvalue weighted by Crippen LogP contribution is -2.38. The number of guanidine groups is 1. The topological polar surface area (TPSA) is 54.2 Å². The highest BCUT2D eigenvalue weighted by atomic mass is 127. The molecule has 1 heterocycles. The van der Waals surface area contributed by atoms with Gasteiger partial charge in [-0.15, -0.1) is 24.0 Å². The van der Waals surface area contributed by atoms with Gasteiger partial charge in [0.25, 0.3) is 0 Å². The van der Waals surface area contributed by atoms with E-state index in [1.54, 1.807) is 0 Å². The van der Waals surface area contributed by atoms with E-state index in [4.69, 9.17) is 0 Å². The Bertz CT molecular complexity index is 512. The molecule has 1 aliphatic carbocycles. The van der Waals surface area contributed by atoms with Gasteiger partial charge in [-0.25, -0.2) is 4.98 Å². The fourth-order valence-electron chi connectivity index (χ4n) is 3.67. The first-order valence-electron chi connectivity index (χ1n) is 9.53. The second kappa shape index (κ2) is 11.8. The van der Waals surface area contributed by atoms with Crippen LogP contribution in [0.5, 0.6) is 0 Å². The molecule has 1 aromatic heterocycles. The van der Waals surface area contributed by atoms with Crippen molar-refractivity contribution < 1.29 is 0 Å². The van der Waals surface area contributed by atoms with Gasteiger partial charge in [0.2, 0.25) is 0 Å². The van der Waals surface area contributed by atoms with E-state index in [0.29, 0.717) is 12.5 Å². The Kier molecular flexibility index (Phi) is 10.5. The molecule has 0 saturated heterocycles. The molecule has 1 aliphatic rings. The van der Waals surface area contributed by atoms with Gasteiger partial charge in [0.05, 0.1) is 6.54 Å². The fourth-order valence-corrected chi connectivity index (χ4v) is 3.67. The van der Waals surface area contributed by atoms with Crippen LogP contribution in [-0.2, 0) is 13.1 Å². The Morgan fingerprint density at radius 3 is 2.84 bits per heavy atom. The molecule has 1 fully saturated rings. The monoisotopic (exact) mass is 461 g/mol. The predicted octanol–water partition coefficient (Wildman–Crippen LogP) is 4.04. The van der Waals surface area contributed by atoms with Gasteiger partial charge in [0, 0.05) is 32.5 Å². The molecule has 0 amide bonds. The first-order chi connectivity index (χ1) is 11.6. The van der Waals surface area contributed by atoms with Gasteiger partial charge in [0.15, 0.2) is 5.96 Å². The number of aliphatic imine (C=N–C) groups is 1. The summed E-state index contributed by atoms with van der Waals surface area (Å²) >= 11 is 0. The highest BCUT2D eigenvalue weighted by molar-refractivity contribution is 14.0. The zero-order chi connectivity index (χ0) is 17.4. The Hall–Kier alpha value is -0.790. The number of halogens is 1. The molecule has 2 rings (SSSR count). The van der Waals surface area contributed by atoms with Crippen LogP contribution < -0.4 is 10.6 Å². The van der Waals surface area contributed by atoms with Gasteiger partial charge in [-0.2, -0.15) is 0 Å². The van der Waals surface area contributed by atoms with Crippen LogP contribution in [0.1, 0.15) is 58.7 Å². The van der Waals surface area contributed by atoms with Crippen molar-refractivity contribution in [1.82, 2.24) is 20.2 Å². The van der Waals surface area contributed by atoms with E-state index in [1.807, 2.05) is 13.2 Å². The number of hydrogen-bond acceptors (Lipinski definition) is 2. The van der Waals surface area contributed by atoms with Crippen molar-refractivity contribution in [3.63, 3.8) is 0 Å². The summed E-state index contributed by atoms with van der Waals surface area (Å²) in [7, 11) is 1.83. The lowest BCUT2D eigenvalue weighted by molar-refractivity contribution is 0.270. The molecule has 5 nitrogen and oxygen atoms in total. The molecular weight excluding hydrogens is 425 g/mol. The van der Waals surface area contributed by atoms with Gasteiger partial charge in [-0.05, 0) is 30.6 Å². The molecule has 6 heteroatoms. The average molecular weight is 461 g/mol. The molecule has 0 aliphatic heterocycles. The molecule has 2 N–H and O–H groups in total. The fraction of sp³-hybridized carbons (Fsp3) is 0.789. The van der Waals surface area contributed by atoms with Gasteiger partial charge < -0.3 is 15.2 Å². The standard InChI is InChI=1S/C19H35N5.HI/c1-15(2)14-24-11-10-21-18(24)13-23-19(20-4)22-9-8-17-7-5-6-16(3)12-17;/h10-11,15-17H,5-9,12-14H2,1-4H3,(H2,20,22,23);1H. The third-order valence-corrected chi connectivity index (χ3v) is 4.89. The number of nitrogens with one attached hydrogen (secondary N) is 2. The summed E-state index contributed by atoms with van der Waals surface area (Å²) in [6, 6.07) is 0. The zero-order valence-corrected chi connectivity index (χ0v) is 18.6. The largest absolute Gasteiger partial charge is 0.356 e. The summed E-state index contributed by atoms with van der Waals surface area (Å²) in [6.07, 6.45) is 10.8. The maximum absolute atomic E-state index is 4.46. The Labute approximate surface area is 170 Å². The molecule has 0 spiro atoms. The van der Waals surface area contributed by atoms with E-state index in [0.717, 1.165) is 36.7 Å². The molecule has 1 aromatic rings. The third kappa shape index (κ3) is 7.96. The number of imidazole rings is 1. The maximum atomic E-state index is 4.46. The normalized spacial score (nSPS) is 21.1. The second-order valence-electron chi connectivity index (χ2n) is 7.67. The first kappa shape index (κ1) is 22.3. The number of hydrogen-bond donors (Lipinski definition) is 2. The van der Waals surface area contributed by atoms with Crippen LogP contribution >= 0.6 is 24.0 Å². The summed E-state index contributed by atoms with van der Waals surface area (Å²) in [6.45, 7) is 9.55. The summed E-state index contributed by atoms with van der Waals surface area (Å²) in [5.74, 6) is 4.34. The first-order valence-corrected chi connectivity index (χ1v) is 9.53. The van der Waals surface area contributed by atoms with E-state index in [1.165, 1.54) is 32.1 Å². The van der Waals surface area contributed by atoms with Crippen LogP contribution in [0.15, 0.2) is 17.4 Å². The van der Waals surface area contributed by atoms with E-state index < -0.39 is 0 Å². The van der Waals surface area contributed by atoms with Crippen molar-refractivity contribution in [2.75, 3.05) is 13.6 Å². The van der Waals surface area contributed by atoms with Crippen molar-refractivity contribution in [1.29, 1.82) is 0 Å². The van der Waals surface area contributed by atoms with Crippen molar-refractivity contribution >= 4 is 29.9 Å². The number of aromatic nitrogens is 2. The van der Waals surface area contributed by atoms with Crippen molar-refractivity contribution in [2.24, 2.45) is 22.7 Å². The summed E-state index contributed by atoms with van der Waals surface area (Å²) in [4.78, 5) is 8.79. The Morgan fingerprint density at radius 1 is 1.36 bits per heavy atom. The van der Waals surface area contributed by atoms with Crippen LogP contribution in [0.2, 0.25) is 0 Å². The van der Waals surface area contributed by atoms with E-state index in [9.17, 15) is 0 Å². The van der Waals surface area contributed by atoms with Crippen LogP contribution in [0, 0.1) is 17.8 Å². The van der Waals surface area contributed by atoms with Crippen LogP contribution in [0.3, 0.4) is 0 Å². The molecular formula is C19H36IN5. The lowest BCUT2D eigenvalue weighted by Gasteiger charge is -2.26. The van der Waals surface area contributed by atoms with Crippen molar-refractivity contribution in [2.45, 2.75) is 66.0 Å². The van der Waals surface area contributed by atoms with E-state index in [2.05, 4.69) is 52.1 Å². The van der Waals surface area contributed by atoms with Gasteiger partial charge in [-0.3, -0.25) is 4.99 Å². The maximum Gasteiger partial charge on any atom is 0.191 e. The Balaban J connectivity index is 0.00000312. The SMILES string of the molecule is CN=C(NCCC1CCCC(C)C1)NCc1nccn1CC(C)C.I. The predicted molar refractivity (Wildman–Crippen MR) is 116 cm³/mol. The minimum absolute atomic E-state index is 0. The smallest absolute Gasteiger partial charge is 0.191 e. The van der Waals surface area contributed by atoms with Gasteiger partial charge in [0.1, 0.15) is 5.82 Å². The number of rotatable bonds is 7. The molecule has 25 heavy (non-hydrogen) atoms. The quantitative estimate of drug-likeness (QED) is 0.366.